The van der Waals surface area contributed by atoms with E-state index in [1.807, 2.05) is 24.3 Å². The fraction of sp³-hybridized carbons (Fsp3) is 0.188. The predicted molar refractivity (Wildman–Crippen MR) is 92.6 cm³/mol. The van der Waals surface area contributed by atoms with Crippen LogP contribution in [-0.4, -0.2) is 16.6 Å². The van der Waals surface area contributed by atoms with Crippen molar-refractivity contribution in [2.24, 2.45) is 0 Å². The topological polar surface area (TPSA) is 72.2 Å². The van der Waals surface area contributed by atoms with Crippen LogP contribution in [0, 0.1) is 10.1 Å². The summed E-state index contributed by atoms with van der Waals surface area (Å²) in [4.78, 5) is 22.0. The smallest absolute Gasteiger partial charge is 0.269 e. The van der Waals surface area contributed by atoms with Crippen LogP contribution in [0.15, 0.2) is 48.5 Å². The highest BCUT2D eigenvalue weighted by molar-refractivity contribution is 7.99. The van der Waals surface area contributed by atoms with Gasteiger partial charge in [0.25, 0.3) is 5.69 Å². The van der Waals surface area contributed by atoms with Gasteiger partial charge < -0.3 is 5.32 Å². The average molecular weight is 351 g/mol. The number of nitrogens with zero attached hydrogens (tertiary/aromatic N) is 1. The molecule has 0 aromatic heterocycles. The number of non-ortho nitro benzene ring substituents is 1. The third-order valence-corrected chi connectivity index (χ3v) is 4.24. The zero-order valence-electron chi connectivity index (χ0n) is 12.2. The van der Waals surface area contributed by atoms with Crippen LogP contribution in [-0.2, 0) is 17.1 Å². The number of nitro benzene ring substituents is 1. The third-order valence-electron chi connectivity index (χ3n) is 3.00. The molecule has 2 aromatic rings. The van der Waals surface area contributed by atoms with Crippen LogP contribution >= 0.6 is 23.4 Å². The van der Waals surface area contributed by atoms with Crippen molar-refractivity contribution in [2.45, 2.75) is 12.3 Å². The first-order valence-electron chi connectivity index (χ1n) is 6.87. The molecule has 120 valence electrons. The molecule has 0 aliphatic rings. The number of rotatable bonds is 7. The minimum Gasteiger partial charge on any atom is -0.351 e. The number of carbonyl (C=O) groups is 1. The van der Waals surface area contributed by atoms with Gasteiger partial charge in [-0.1, -0.05) is 35.9 Å². The van der Waals surface area contributed by atoms with E-state index in [-0.39, 0.29) is 18.1 Å². The van der Waals surface area contributed by atoms with E-state index in [1.54, 1.807) is 12.1 Å². The lowest BCUT2D eigenvalue weighted by atomic mass is 10.2. The molecule has 1 amide bonds. The molecule has 23 heavy (non-hydrogen) atoms. The van der Waals surface area contributed by atoms with E-state index >= 15 is 0 Å². The number of hydrogen-bond acceptors (Lipinski definition) is 4. The first kappa shape index (κ1) is 17.3. The lowest BCUT2D eigenvalue weighted by molar-refractivity contribution is -0.384. The van der Waals surface area contributed by atoms with Crippen LogP contribution in [0.2, 0.25) is 5.02 Å². The molecule has 0 unspecified atom stereocenters. The minimum atomic E-state index is -0.452. The fourth-order valence-corrected chi connectivity index (χ4v) is 2.94. The molecule has 0 bridgehead atoms. The first-order chi connectivity index (χ1) is 11.0. The standard InChI is InChI=1S/C16H15ClN2O3S/c17-14-5-1-4-13(7-14)10-23-11-16(20)18-9-12-3-2-6-15(8-12)19(21)22/h1-8H,9-11H2,(H,18,20). The highest BCUT2D eigenvalue weighted by atomic mass is 35.5. The van der Waals surface area contributed by atoms with Gasteiger partial charge in [0.05, 0.1) is 10.7 Å². The summed E-state index contributed by atoms with van der Waals surface area (Å²) < 4.78 is 0. The van der Waals surface area contributed by atoms with Gasteiger partial charge >= 0.3 is 0 Å². The number of halogens is 1. The number of nitrogens with one attached hydrogen (secondary N) is 1. The predicted octanol–water partition coefficient (Wildman–Crippen LogP) is 3.80. The Bertz CT molecular complexity index is 709. The molecule has 0 heterocycles. The molecule has 0 saturated carbocycles. The monoisotopic (exact) mass is 350 g/mol. The Balaban J connectivity index is 1.75. The van der Waals surface area contributed by atoms with Crippen LogP contribution in [0.3, 0.4) is 0 Å². The summed E-state index contributed by atoms with van der Waals surface area (Å²) in [6, 6.07) is 13.7. The van der Waals surface area contributed by atoms with E-state index in [2.05, 4.69) is 5.32 Å². The summed E-state index contributed by atoms with van der Waals surface area (Å²) in [6.45, 7) is 0.276. The van der Waals surface area contributed by atoms with E-state index in [1.165, 1.54) is 23.9 Å². The van der Waals surface area contributed by atoms with Crippen molar-refractivity contribution in [3.8, 4) is 0 Å². The maximum absolute atomic E-state index is 11.8. The van der Waals surface area contributed by atoms with E-state index in [4.69, 9.17) is 11.6 Å². The summed E-state index contributed by atoms with van der Waals surface area (Å²) in [5.74, 6) is 0.912. The Morgan fingerprint density at radius 1 is 1.17 bits per heavy atom. The van der Waals surface area contributed by atoms with E-state index in [9.17, 15) is 14.9 Å². The molecule has 0 aliphatic heterocycles. The Morgan fingerprint density at radius 2 is 1.91 bits per heavy atom. The normalized spacial score (nSPS) is 10.3. The Hall–Kier alpha value is -2.05. The molecule has 0 atom stereocenters. The Morgan fingerprint density at radius 3 is 2.65 bits per heavy atom. The molecular formula is C16H15ClN2O3S. The second kappa shape index (κ2) is 8.55. The van der Waals surface area contributed by atoms with Crippen molar-refractivity contribution in [1.82, 2.24) is 5.32 Å². The van der Waals surface area contributed by atoms with Crippen molar-refractivity contribution >= 4 is 35.0 Å². The van der Waals surface area contributed by atoms with Crippen molar-refractivity contribution in [3.63, 3.8) is 0 Å². The molecule has 0 spiro atoms. The summed E-state index contributed by atoms with van der Waals surface area (Å²) in [5.41, 5.74) is 1.79. The van der Waals surface area contributed by atoms with Crippen molar-refractivity contribution in [2.75, 3.05) is 5.75 Å². The summed E-state index contributed by atoms with van der Waals surface area (Å²) >= 11 is 7.39. The van der Waals surface area contributed by atoms with Gasteiger partial charge in [-0.05, 0) is 23.3 Å². The number of nitro groups is 1. The number of hydrogen-bond donors (Lipinski definition) is 1. The zero-order valence-corrected chi connectivity index (χ0v) is 13.8. The second-order valence-corrected chi connectivity index (χ2v) is 6.25. The maximum Gasteiger partial charge on any atom is 0.269 e. The summed E-state index contributed by atoms with van der Waals surface area (Å²) in [7, 11) is 0. The number of thioether (sulfide) groups is 1. The van der Waals surface area contributed by atoms with Gasteiger partial charge in [0, 0.05) is 29.5 Å². The van der Waals surface area contributed by atoms with E-state index < -0.39 is 4.92 Å². The fourth-order valence-electron chi connectivity index (χ4n) is 1.92. The van der Waals surface area contributed by atoms with Crippen LogP contribution in [0.5, 0.6) is 0 Å². The quantitative estimate of drug-likeness (QED) is 0.609. The van der Waals surface area contributed by atoms with Gasteiger partial charge in [0.2, 0.25) is 5.91 Å². The number of carbonyl (C=O) groups excluding carboxylic acids is 1. The second-order valence-electron chi connectivity index (χ2n) is 4.83. The van der Waals surface area contributed by atoms with Gasteiger partial charge in [-0.2, -0.15) is 0 Å². The minimum absolute atomic E-state index is 0.0204. The zero-order chi connectivity index (χ0) is 16.7. The highest BCUT2D eigenvalue weighted by Crippen LogP contribution is 2.16. The van der Waals surface area contributed by atoms with E-state index in [0.717, 1.165) is 5.56 Å². The Kier molecular flexibility index (Phi) is 6.43. The molecule has 7 heteroatoms. The lowest BCUT2D eigenvalue weighted by Gasteiger charge is -2.06. The average Bonchev–Trinajstić information content (AvgIpc) is 2.53. The molecule has 0 fully saturated rings. The van der Waals surface area contributed by atoms with Gasteiger partial charge in [-0.3, -0.25) is 14.9 Å². The molecule has 0 saturated heterocycles. The number of amides is 1. The van der Waals surface area contributed by atoms with Crippen LogP contribution in [0.1, 0.15) is 11.1 Å². The largest absolute Gasteiger partial charge is 0.351 e. The van der Waals surface area contributed by atoms with Gasteiger partial charge in [-0.25, -0.2) is 0 Å². The SMILES string of the molecule is O=C(CSCc1cccc(Cl)c1)NCc1cccc([N+](=O)[O-])c1. The van der Waals surface area contributed by atoms with Crippen molar-refractivity contribution in [1.29, 1.82) is 0 Å². The van der Waals surface area contributed by atoms with Crippen molar-refractivity contribution in [3.05, 3.63) is 74.8 Å². The molecule has 2 aromatic carbocycles. The number of benzene rings is 2. The molecular weight excluding hydrogens is 336 g/mol. The molecule has 0 radical (unpaired) electrons. The van der Waals surface area contributed by atoms with Gasteiger partial charge in [-0.15, -0.1) is 11.8 Å². The van der Waals surface area contributed by atoms with Crippen LogP contribution in [0.4, 0.5) is 5.69 Å². The van der Waals surface area contributed by atoms with Gasteiger partial charge in [0.1, 0.15) is 0 Å². The summed E-state index contributed by atoms with van der Waals surface area (Å²) in [5, 5.41) is 14.1. The third kappa shape index (κ3) is 5.92. The van der Waals surface area contributed by atoms with Crippen molar-refractivity contribution < 1.29 is 9.72 Å². The lowest BCUT2D eigenvalue weighted by Crippen LogP contribution is -2.24. The molecule has 0 aliphatic carbocycles. The highest BCUT2D eigenvalue weighted by Gasteiger charge is 2.07. The first-order valence-corrected chi connectivity index (χ1v) is 8.40. The summed E-state index contributed by atoms with van der Waals surface area (Å²) in [6.07, 6.45) is 0. The molecule has 2 rings (SSSR count). The van der Waals surface area contributed by atoms with Gasteiger partial charge in [0.15, 0.2) is 0 Å². The maximum atomic E-state index is 11.8. The van der Waals surface area contributed by atoms with Crippen LogP contribution in [0.25, 0.3) is 0 Å². The molecule has 1 N–H and O–H groups in total. The van der Waals surface area contributed by atoms with Crippen LogP contribution < -0.4 is 5.32 Å². The Labute approximate surface area is 143 Å². The van der Waals surface area contributed by atoms with E-state index in [0.29, 0.717) is 22.1 Å². The molecule has 5 nitrogen and oxygen atoms in total.